The highest BCUT2D eigenvalue weighted by molar-refractivity contribution is 5.99. The number of hydrogen-bond donors (Lipinski definition) is 3. The zero-order valence-corrected chi connectivity index (χ0v) is 15.4. The number of benzene rings is 1. The second-order valence-corrected chi connectivity index (χ2v) is 6.51. The molecule has 28 heavy (non-hydrogen) atoms. The van der Waals surface area contributed by atoms with Gasteiger partial charge in [0, 0.05) is 35.7 Å². The number of aromatic amines is 1. The van der Waals surface area contributed by atoms with Crippen molar-refractivity contribution in [1.29, 1.82) is 0 Å². The summed E-state index contributed by atoms with van der Waals surface area (Å²) in [6, 6.07) is 13.3. The maximum Gasteiger partial charge on any atom is 0.255 e. The van der Waals surface area contributed by atoms with E-state index < -0.39 is 0 Å². The summed E-state index contributed by atoms with van der Waals surface area (Å²) in [7, 11) is 0. The molecule has 0 aliphatic heterocycles. The van der Waals surface area contributed by atoms with Gasteiger partial charge in [0.15, 0.2) is 0 Å². The molecule has 0 aliphatic rings. The van der Waals surface area contributed by atoms with Crippen molar-refractivity contribution in [2.45, 2.75) is 13.3 Å². The predicted octanol–water partition coefficient (Wildman–Crippen LogP) is 3.38. The summed E-state index contributed by atoms with van der Waals surface area (Å²) < 4.78 is 0. The topological polar surface area (TPSA) is 95.6 Å². The molecule has 1 amide bonds. The molecule has 3 N–H and O–H groups in total. The molecular weight excluding hydrogens is 352 g/mol. The molecule has 0 fully saturated rings. The van der Waals surface area contributed by atoms with Gasteiger partial charge >= 0.3 is 0 Å². The second-order valence-electron chi connectivity index (χ2n) is 6.51. The summed E-state index contributed by atoms with van der Waals surface area (Å²) in [6.45, 7) is 2.42. The maximum absolute atomic E-state index is 12.7. The molecule has 0 bridgehead atoms. The van der Waals surface area contributed by atoms with Gasteiger partial charge in [-0.3, -0.25) is 14.9 Å². The first kappa shape index (κ1) is 17.7. The van der Waals surface area contributed by atoms with Crippen LogP contribution in [0.5, 0.6) is 0 Å². The third kappa shape index (κ3) is 3.98. The molecule has 0 unspecified atom stereocenters. The molecule has 0 atom stereocenters. The number of amides is 1. The second kappa shape index (κ2) is 7.87. The molecule has 140 valence electrons. The number of carbonyl (C=O) groups is 1. The fraction of sp³-hybridized carbons (Fsp3) is 0.143. The Bertz CT molecular complexity index is 1110. The Morgan fingerprint density at radius 3 is 2.93 bits per heavy atom. The van der Waals surface area contributed by atoms with Crippen molar-refractivity contribution in [3.8, 4) is 0 Å². The first-order valence-electron chi connectivity index (χ1n) is 9.04. The highest BCUT2D eigenvalue weighted by atomic mass is 16.1. The standard InChI is InChI=1S/C21H20N6O/c1-14-4-6-18(21(28)23-10-8-15-3-2-9-22-12-15)20(25-14)26-17-5-7-19-16(11-17)13-24-27-19/h2-7,9,11-13H,8,10H2,1H3,(H,23,28)(H,24,27)(H,25,26). The molecule has 3 aromatic heterocycles. The molecule has 0 saturated heterocycles. The van der Waals surface area contributed by atoms with Gasteiger partial charge in [-0.15, -0.1) is 0 Å². The highest BCUT2D eigenvalue weighted by Gasteiger charge is 2.13. The minimum Gasteiger partial charge on any atom is -0.352 e. The van der Waals surface area contributed by atoms with Gasteiger partial charge in [-0.2, -0.15) is 5.10 Å². The summed E-state index contributed by atoms with van der Waals surface area (Å²) in [4.78, 5) is 21.3. The van der Waals surface area contributed by atoms with Gasteiger partial charge in [0.05, 0.1) is 17.3 Å². The Morgan fingerprint density at radius 1 is 1.14 bits per heavy atom. The Balaban J connectivity index is 1.49. The first-order chi connectivity index (χ1) is 13.7. The Kier molecular flexibility index (Phi) is 4.97. The summed E-state index contributed by atoms with van der Waals surface area (Å²) in [6.07, 6.45) is 6.02. The third-order valence-electron chi connectivity index (χ3n) is 4.40. The van der Waals surface area contributed by atoms with E-state index in [1.54, 1.807) is 24.7 Å². The lowest BCUT2D eigenvalue weighted by Crippen LogP contribution is -2.26. The minimum absolute atomic E-state index is 0.164. The van der Waals surface area contributed by atoms with Crippen molar-refractivity contribution in [2.24, 2.45) is 0 Å². The van der Waals surface area contributed by atoms with E-state index in [4.69, 9.17) is 0 Å². The van der Waals surface area contributed by atoms with Crippen molar-refractivity contribution in [2.75, 3.05) is 11.9 Å². The average molecular weight is 372 g/mol. The van der Waals surface area contributed by atoms with Crippen LogP contribution in [0.4, 0.5) is 11.5 Å². The van der Waals surface area contributed by atoms with Crippen molar-refractivity contribution in [3.63, 3.8) is 0 Å². The maximum atomic E-state index is 12.7. The lowest BCUT2D eigenvalue weighted by molar-refractivity contribution is 0.0954. The van der Waals surface area contributed by atoms with Gasteiger partial charge in [-0.25, -0.2) is 4.98 Å². The average Bonchev–Trinajstić information content (AvgIpc) is 3.17. The van der Waals surface area contributed by atoms with Crippen LogP contribution in [0.1, 0.15) is 21.6 Å². The number of rotatable bonds is 6. The third-order valence-corrected chi connectivity index (χ3v) is 4.40. The van der Waals surface area contributed by atoms with Crippen LogP contribution in [0.15, 0.2) is 61.1 Å². The number of nitrogens with one attached hydrogen (secondary N) is 3. The van der Waals surface area contributed by atoms with Gasteiger partial charge < -0.3 is 10.6 Å². The number of aromatic nitrogens is 4. The summed E-state index contributed by atoms with van der Waals surface area (Å²) in [5.41, 5.74) is 4.21. The Morgan fingerprint density at radius 2 is 2.07 bits per heavy atom. The number of hydrogen-bond acceptors (Lipinski definition) is 5. The number of pyridine rings is 2. The smallest absolute Gasteiger partial charge is 0.255 e. The van der Waals surface area contributed by atoms with Gasteiger partial charge in [-0.05, 0) is 55.3 Å². The zero-order valence-electron chi connectivity index (χ0n) is 15.4. The molecule has 4 rings (SSSR count). The molecule has 1 aromatic carbocycles. The van der Waals surface area contributed by atoms with Crippen LogP contribution in [0, 0.1) is 6.92 Å². The van der Waals surface area contributed by atoms with Crippen molar-refractivity contribution in [1.82, 2.24) is 25.5 Å². The summed E-state index contributed by atoms with van der Waals surface area (Å²) in [5.74, 6) is 0.366. The number of aryl methyl sites for hydroxylation is 1. The van der Waals surface area contributed by atoms with Gasteiger partial charge in [-0.1, -0.05) is 6.07 Å². The van der Waals surface area contributed by atoms with E-state index in [2.05, 4.69) is 30.8 Å². The summed E-state index contributed by atoms with van der Waals surface area (Å²) in [5, 5.41) is 14.2. The molecule has 0 aliphatic carbocycles. The van der Waals surface area contributed by atoms with Crippen LogP contribution in [0.25, 0.3) is 10.9 Å². The zero-order chi connectivity index (χ0) is 19.3. The number of H-pyrrole nitrogens is 1. The summed E-state index contributed by atoms with van der Waals surface area (Å²) >= 11 is 0. The van der Waals surface area contributed by atoms with Crippen LogP contribution in [0.2, 0.25) is 0 Å². The van der Waals surface area contributed by atoms with Crippen molar-refractivity contribution in [3.05, 3.63) is 77.9 Å². The van der Waals surface area contributed by atoms with Crippen LogP contribution in [-0.4, -0.2) is 32.6 Å². The quantitative estimate of drug-likeness (QED) is 0.482. The van der Waals surface area contributed by atoms with E-state index in [-0.39, 0.29) is 5.91 Å². The Labute approximate surface area is 162 Å². The lowest BCUT2D eigenvalue weighted by Gasteiger charge is -2.12. The normalized spacial score (nSPS) is 10.8. The van der Waals surface area contributed by atoms with E-state index >= 15 is 0 Å². The van der Waals surface area contributed by atoms with Gasteiger partial charge in [0.1, 0.15) is 5.82 Å². The number of anilines is 2. The predicted molar refractivity (Wildman–Crippen MR) is 109 cm³/mol. The molecule has 0 spiro atoms. The van der Waals surface area contributed by atoms with E-state index in [1.165, 1.54) is 0 Å². The molecule has 3 heterocycles. The van der Waals surface area contributed by atoms with Gasteiger partial charge in [0.2, 0.25) is 0 Å². The molecule has 7 heteroatoms. The van der Waals surface area contributed by atoms with Crippen LogP contribution >= 0.6 is 0 Å². The molecule has 0 radical (unpaired) electrons. The molecular formula is C21H20N6O. The minimum atomic E-state index is -0.164. The molecule has 7 nitrogen and oxygen atoms in total. The number of fused-ring (bicyclic) bond motifs is 1. The fourth-order valence-corrected chi connectivity index (χ4v) is 2.95. The number of carbonyl (C=O) groups excluding carboxylic acids is 1. The van der Waals surface area contributed by atoms with Gasteiger partial charge in [0.25, 0.3) is 5.91 Å². The van der Waals surface area contributed by atoms with Crippen LogP contribution in [0.3, 0.4) is 0 Å². The Hall–Kier alpha value is -3.74. The molecule has 4 aromatic rings. The van der Waals surface area contributed by atoms with Crippen LogP contribution < -0.4 is 10.6 Å². The van der Waals surface area contributed by atoms with Crippen molar-refractivity contribution < 1.29 is 4.79 Å². The van der Waals surface area contributed by atoms with Crippen LogP contribution in [-0.2, 0) is 6.42 Å². The van der Waals surface area contributed by atoms with Crippen molar-refractivity contribution >= 4 is 28.3 Å². The fourth-order valence-electron chi connectivity index (χ4n) is 2.95. The lowest BCUT2D eigenvalue weighted by atomic mass is 10.2. The number of nitrogens with zero attached hydrogens (tertiary/aromatic N) is 3. The monoisotopic (exact) mass is 372 g/mol. The van der Waals surface area contributed by atoms with E-state index in [1.807, 2.05) is 43.3 Å². The molecule has 0 saturated carbocycles. The largest absolute Gasteiger partial charge is 0.352 e. The van der Waals surface area contributed by atoms with E-state index in [0.29, 0.717) is 17.9 Å². The van der Waals surface area contributed by atoms with E-state index in [9.17, 15) is 4.79 Å². The first-order valence-corrected chi connectivity index (χ1v) is 9.04. The van der Waals surface area contributed by atoms with E-state index in [0.717, 1.165) is 34.3 Å². The SMILES string of the molecule is Cc1ccc(C(=O)NCCc2cccnc2)c(Nc2ccc3[nH]ncc3c2)n1. The highest BCUT2D eigenvalue weighted by Crippen LogP contribution is 2.22.